The van der Waals surface area contributed by atoms with Crippen LogP contribution in [0.3, 0.4) is 0 Å². The van der Waals surface area contributed by atoms with Crippen molar-refractivity contribution in [3.8, 4) is 12.1 Å². The van der Waals surface area contributed by atoms with Crippen LogP contribution in [-0.2, 0) is 0 Å². The van der Waals surface area contributed by atoms with Crippen molar-refractivity contribution >= 4 is 0 Å². The summed E-state index contributed by atoms with van der Waals surface area (Å²) < 4.78 is 12.2. The lowest BCUT2D eigenvalue weighted by Crippen LogP contribution is -1.83. The third-order valence-electron chi connectivity index (χ3n) is 0.893. The van der Waals surface area contributed by atoms with Crippen LogP contribution >= 0.6 is 0 Å². The number of hydrogen-bond donors (Lipinski definition) is 0. The van der Waals surface area contributed by atoms with E-state index in [0.29, 0.717) is 0 Å². The van der Waals surface area contributed by atoms with E-state index in [2.05, 4.69) is 6.58 Å². The van der Waals surface area contributed by atoms with Crippen molar-refractivity contribution in [1.82, 2.24) is 0 Å². The van der Waals surface area contributed by atoms with Crippen LogP contribution in [0, 0.1) is 22.7 Å². The van der Waals surface area contributed by atoms with Gasteiger partial charge in [0.1, 0.15) is 17.5 Å². The highest BCUT2D eigenvalue weighted by Gasteiger charge is 2.03. The molecular weight excluding hydrogens is 131 g/mol. The normalized spacial score (nSPS) is 10.8. The third kappa shape index (κ3) is 1.72. The average Bonchev–Trinajstić information content (AvgIpc) is 1.88. The minimum atomic E-state index is -0.672. The molecule has 0 heterocycles. The lowest BCUT2D eigenvalue weighted by Gasteiger charge is -1.90. The quantitative estimate of drug-likeness (QED) is 0.407. The van der Waals surface area contributed by atoms with Crippen LogP contribution in [0.4, 0.5) is 4.39 Å². The maximum absolute atomic E-state index is 12.2. The van der Waals surface area contributed by atoms with E-state index in [0.717, 1.165) is 6.92 Å². The Labute approximate surface area is 58.5 Å². The van der Waals surface area contributed by atoms with Gasteiger partial charge < -0.3 is 0 Å². The largest absolute Gasteiger partial charge is 0.211 e. The van der Waals surface area contributed by atoms with Crippen LogP contribution in [0.5, 0.6) is 0 Å². The molecule has 0 unspecified atom stereocenters. The van der Waals surface area contributed by atoms with E-state index in [1.807, 2.05) is 0 Å². The molecule has 0 bridgehead atoms. The second-order valence-corrected chi connectivity index (χ2v) is 1.61. The second kappa shape index (κ2) is 3.42. The molecule has 10 heavy (non-hydrogen) atoms. The first-order chi connectivity index (χ1) is 4.63. The highest BCUT2D eigenvalue weighted by Crippen LogP contribution is 2.11. The first kappa shape index (κ1) is 8.39. The zero-order valence-electron chi connectivity index (χ0n) is 5.48. The average molecular weight is 136 g/mol. The molecule has 2 nitrogen and oxygen atoms in total. The molecule has 0 aromatic carbocycles. The van der Waals surface area contributed by atoms with Gasteiger partial charge in [-0.1, -0.05) is 6.58 Å². The van der Waals surface area contributed by atoms with E-state index in [1.165, 1.54) is 6.07 Å². The Morgan fingerprint density at radius 1 is 1.40 bits per heavy atom. The second-order valence-electron chi connectivity index (χ2n) is 1.61. The highest BCUT2D eigenvalue weighted by molar-refractivity contribution is 5.49. The predicted octanol–water partition coefficient (Wildman–Crippen LogP) is 1.83. The summed E-state index contributed by atoms with van der Waals surface area (Å²) in [7, 11) is 0. The summed E-state index contributed by atoms with van der Waals surface area (Å²) >= 11 is 0. The summed E-state index contributed by atoms with van der Waals surface area (Å²) in [6.07, 6.45) is 0. The molecule has 0 atom stereocenters. The molecule has 0 aromatic rings. The molecule has 0 aliphatic carbocycles. The summed E-state index contributed by atoms with van der Waals surface area (Å²) in [6, 6.07) is 3.12. The molecule has 50 valence electrons. The van der Waals surface area contributed by atoms with Crippen molar-refractivity contribution in [2.75, 3.05) is 0 Å². The molecule has 0 radical (unpaired) electrons. The van der Waals surface area contributed by atoms with Gasteiger partial charge in [-0.05, 0) is 6.92 Å². The predicted molar refractivity (Wildman–Crippen MR) is 34.2 cm³/mol. The molecule has 0 saturated carbocycles. The van der Waals surface area contributed by atoms with Crippen LogP contribution in [0.2, 0.25) is 0 Å². The lowest BCUT2D eigenvalue weighted by molar-refractivity contribution is 0.634. The van der Waals surface area contributed by atoms with E-state index >= 15 is 0 Å². The topological polar surface area (TPSA) is 47.6 Å². The van der Waals surface area contributed by atoms with Crippen molar-refractivity contribution in [3.05, 3.63) is 23.6 Å². The first-order valence-electron chi connectivity index (χ1n) is 2.49. The third-order valence-corrected chi connectivity index (χ3v) is 0.893. The Bertz CT molecular complexity index is 258. The summed E-state index contributed by atoms with van der Waals surface area (Å²) in [5.74, 6) is -0.672. The molecule has 0 aliphatic rings. The van der Waals surface area contributed by atoms with Crippen LogP contribution in [0.1, 0.15) is 6.92 Å². The van der Waals surface area contributed by atoms with Gasteiger partial charge in [0.05, 0.1) is 11.6 Å². The summed E-state index contributed by atoms with van der Waals surface area (Å²) in [6.45, 7) is 4.30. The maximum Gasteiger partial charge on any atom is 0.116 e. The standard InChI is InChI=1S/C7H5FN2/c1-5(3-9)7(4-10)6(2)8/h1H2,2H3/b7-6+. The summed E-state index contributed by atoms with van der Waals surface area (Å²) in [5, 5.41) is 16.4. The van der Waals surface area contributed by atoms with E-state index in [1.54, 1.807) is 6.07 Å². The minimum Gasteiger partial charge on any atom is -0.211 e. The monoisotopic (exact) mass is 136 g/mol. The van der Waals surface area contributed by atoms with Crippen molar-refractivity contribution < 1.29 is 4.39 Å². The Kier molecular flexibility index (Phi) is 2.87. The number of nitriles is 2. The van der Waals surface area contributed by atoms with Crippen molar-refractivity contribution in [1.29, 1.82) is 10.5 Å². The van der Waals surface area contributed by atoms with Gasteiger partial charge in [-0.25, -0.2) is 4.39 Å². The fourth-order valence-electron chi connectivity index (χ4n) is 0.408. The zero-order chi connectivity index (χ0) is 8.15. The van der Waals surface area contributed by atoms with Gasteiger partial charge in [0.25, 0.3) is 0 Å². The Hall–Kier alpha value is -1.61. The highest BCUT2D eigenvalue weighted by atomic mass is 19.1. The van der Waals surface area contributed by atoms with Crippen LogP contribution in [0.25, 0.3) is 0 Å². The zero-order valence-corrected chi connectivity index (χ0v) is 5.48. The molecule has 0 N–H and O–H groups in total. The fourth-order valence-corrected chi connectivity index (χ4v) is 0.408. The Morgan fingerprint density at radius 2 is 1.90 bits per heavy atom. The minimum absolute atomic E-state index is 0.137. The smallest absolute Gasteiger partial charge is 0.116 e. The Morgan fingerprint density at radius 3 is 2.00 bits per heavy atom. The number of nitrogens with zero attached hydrogens (tertiary/aromatic N) is 2. The van der Waals surface area contributed by atoms with E-state index in [9.17, 15) is 4.39 Å². The van der Waals surface area contributed by atoms with E-state index in [4.69, 9.17) is 10.5 Å². The van der Waals surface area contributed by atoms with Crippen molar-refractivity contribution in [2.45, 2.75) is 6.92 Å². The van der Waals surface area contributed by atoms with Gasteiger partial charge >= 0.3 is 0 Å². The number of allylic oxidation sites excluding steroid dienone is 3. The fraction of sp³-hybridized carbons (Fsp3) is 0.143. The van der Waals surface area contributed by atoms with Crippen molar-refractivity contribution in [3.63, 3.8) is 0 Å². The van der Waals surface area contributed by atoms with E-state index < -0.39 is 5.83 Å². The Balaban J connectivity index is 4.81. The molecule has 0 spiro atoms. The van der Waals surface area contributed by atoms with Crippen LogP contribution in [-0.4, -0.2) is 0 Å². The molecule has 0 fully saturated rings. The van der Waals surface area contributed by atoms with Gasteiger partial charge in [0.15, 0.2) is 0 Å². The number of hydrogen-bond acceptors (Lipinski definition) is 2. The lowest BCUT2D eigenvalue weighted by atomic mass is 10.1. The number of halogens is 1. The van der Waals surface area contributed by atoms with Gasteiger partial charge in [0, 0.05) is 0 Å². The maximum atomic E-state index is 12.2. The molecule has 0 rings (SSSR count). The van der Waals surface area contributed by atoms with Crippen LogP contribution < -0.4 is 0 Å². The molecule has 0 aromatic heterocycles. The molecule has 3 heteroatoms. The molecule has 0 aliphatic heterocycles. The summed E-state index contributed by atoms with van der Waals surface area (Å²) in [5.41, 5.74) is -0.412. The van der Waals surface area contributed by atoms with E-state index in [-0.39, 0.29) is 11.1 Å². The van der Waals surface area contributed by atoms with Gasteiger partial charge in [-0.2, -0.15) is 10.5 Å². The van der Waals surface area contributed by atoms with Gasteiger partial charge in [0.2, 0.25) is 0 Å². The van der Waals surface area contributed by atoms with Crippen molar-refractivity contribution in [2.24, 2.45) is 0 Å². The van der Waals surface area contributed by atoms with Crippen LogP contribution in [0.15, 0.2) is 23.6 Å². The SMILES string of the molecule is C=C(C#N)/C(C#N)=C(\C)F. The van der Waals surface area contributed by atoms with Gasteiger partial charge in [-0.3, -0.25) is 0 Å². The van der Waals surface area contributed by atoms with Gasteiger partial charge in [-0.15, -0.1) is 0 Å². The molecule has 0 saturated heterocycles. The number of rotatable bonds is 1. The summed E-state index contributed by atoms with van der Waals surface area (Å²) in [4.78, 5) is 0. The molecular formula is C7H5FN2. The first-order valence-corrected chi connectivity index (χ1v) is 2.49. The molecule has 0 amide bonds.